The number of halogens is 3. The van der Waals surface area contributed by atoms with Gasteiger partial charge in [0, 0.05) is 5.69 Å². The maximum absolute atomic E-state index is 12.8. The van der Waals surface area contributed by atoms with Crippen LogP contribution < -0.4 is 5.32 Å². The van der Waals surface area contributed by atoms with Gasteiger partial charge in [-0.05, 0) is 25.5 Å². The van der Waals surface area contributed by atoms with E-state index < -0.39 is 28.9 Å². The first kappa shape index (κ1) is 17.0. The van der Waals surface area contributed by atoms with Crippen LogP contribution >= 0.6 is 0 Å². The highest BCUT2D eigenvalue weighted by Gasteiger charge is 2.34. The predicted octanol–water partition coefficient (Wildman–Crippen LogP) is 3.75. The number of hydrogen-bond acceptors (Lipinski definition) is 2. The molecular weight excluding hydrogens is 285 g/mol. The number of rotatable bonds is 4. The summed E-state index contributed by atoms with van der Waals surface area (Å²) in [5, 5.41) is 12.1. The fourth-order valence-corrected chi connectivity index (χ4v) is 1.80. The van der Waals surface area contributed by atoms with Gasteiger partial charge in [-0.25, -0.2) is 4.85 Å². The van der Waals surface area contributed by atoms with E-state index in [1.807, 2.05) is 0 Å². The third kappa shape index (κ3) is 4.20. The molecule has 0 spiro atoms. The summed E-state index contributed by atoms with van der Waals surface area (Å²) in [6.07, 6.45) is -3.96. The first-order valence-electron chi connectivity index (χ1n) is 6.24. The van der Waals surface area contributed by atoms with Crippen LogP contribution in [0.1, 0.15) is 32.3 Å². The average Bonchev–Trinajstić information content (AvgIpc) is 2.37. The van der Waals surface area contributed by atoms with Crippen LogP contribution in [-0.4, -0.2) is 16.6 Å². The van der Waals surface area contributed by atoms with E-state index in [9.17, 15) is 23.1 Å². The second-order valence-electron chi connectivity index (χ2n) is 4.82. The third-order valence-corrected chi connectivity index (χ3v) is 2.91. The minimum absolute atomic E-state index is 0.115. The molecule has 1 aromatic carbocycles. The highest BCUT2D eigenvalue weighted by atomic mass is 19.4. The Kier molecular flexibility index (Phi) is 4.97. The van der Waals surface area contributed by atoms with Crippen molar-refractivity contribution in [1.82, 2.24) is 0 Å². The summed E-state index contributed by atoms with van der Waals surface area (Å²) < 4.78 is 38.4. The maximum Gasteiger partial charge on any atom is 0.407 e. The number of nitrogens with zero attached hydrogens (tertiary/aromatic N) is 1. The summed E-state index contributed by atoms with van der Waals surface area (Å²) in [4.78, 5) is 14.6. The van der Waals surface area contributed by atoms with E-state index in [2.05, 4.69) is 10.2 Å². The van der Waals surface area contributed by atoms with Crippen LogP contribution in [0.2, 0.25) is 0 Å². The van der Waals surface area contributed by atoms with Crippen LogP contribution in [0.5, 0.6) is 0 Å². The SMILES string of the molecule is [C-]#[N+]c1ccc(NC(=O)[C@@](C)(O)CCC)cc1C(F)(F)F. The van der Waals surface area contributed by atoms with Gasteiger partial charge in [0.25, 0.3) is 5.91 Å². The van der Waals surface area contributed by atoms with E-state index in [0.29, 0.717) is 12.5 Å². The van der Waals surface area contributed by atoms with Gasteiger partial charge in [0.1, 0.15) is 5.60 Å². The van der Waals surface area contributed by atoms with Crippen molar-refractivity contribution < 1.29 is 23.1 Å². The summed E-state index contributed by atoms with van der Waals surface area (Å²) in [5.41, 5.74) is -3.44. The quantitative estimate of drug-likeness (QED) is 0.832. The summed E-state index contributed by atoms with van der Waals surface area (Å²) in [6.45, 7) is 9.80. The van der Waals surface area contributed by atoms with Crippen LogP contribution in [0.3, 0.4) is 0 Å². The molecule has 114 valence electrons. The molecule has 2 N–H and O–H groups in total. The number of benzene rings is 1. The van der Waals surface area contributed by atoms with E-state index in [0.717, 1.165) is 6.07 Å². The Balaban J connectivity index is 3.07. The Morgan fingerprint density at radius 2 is 2.05 bits per heavy atom. The molecule has 0 fully saturated rings. The van der Waals surface area contributed by atoms with Crippen molar-refractivity contribution in [3.63, 3.8) is 0 Å². The molecule has 0 aliphatic heterocycles. The minimum Gasteiger partial charge on any atom is -0.380 e. The lowest BCUT2D eigenvalue weighted by Crippen LogP contribution is -2.39. The van der Waals surface area contributed by atoms with Crippen molar-refractivity contribution in [3.05, 3.63) is 35.2 Å². The van der Waals surface area contributed by atoms with Gasteiger partial charge in [-0.1, -0.05) is 19.4 Å². The van der Waals surface area contributed by atoms with Crippen LogP contribution in [0.25, 0.3) is 4.85 Å². The first-order chi connectivity index (χ1) is 9.61. The summed E-state index contributed by atoms with van der Waals surface area (Å²) in [7, 11) is 0. The lowest BCUT2D eigenvalue weighted by Gasteiger charge is -2.22. The van der Waals surface area contributed by atoms with Gasteiger partial charge in [-0.15, -0.1) is 0 Å². The molecule has 1 atom stereocenters. The molecule has 0 heterocycles. The van der Waals surface area contributed by atoms with Crippen molar-refractivity contribution in [2.24, 2.45) is 0 Å². The van der Waals surface area contributed by atoms with Crippen molar-refractivity contribution in [2.45, 2.75) is 38.5 Å². The summed E-state index contributed by atoms with van der Waals surface area (Å²) in [6, 6.07) is 2.87. The number of carbonyl (C=O) groups is 1. The van der Waals surface area contributed by atoms with Gasteiger partial charge in [-0.3, -0.25) is 4.79 Å². The van der Waals surface area contributed by atoms with Gasteiger partial charge in [-0.2, -0.15) is 13.2 Å². The number of nitrogens with one attached hydrogen (secondary N) is 1. The molecule has 7 heteroatoms. The van der Waals surface area contributed by atoms with Gasteiger partial charge in [0.15, 0.2) is 5.69 Å². The van der Waals surface area contributed by atoms with Crippen LogP contribution in [0.4, 0.5) is 24.5 Å². The van der Waals surface area contributed by atoms with Crippen LogP contribution in [0, 0.1) is 6.57 Å². The zero-order valence-corrected chi connectivity index (χ0v) is 11.6. The van der Waals surface area contributed by atoms with Crippen molar-refractivity contribution >= 4 is 17.3 Å². The summed E-state index contributed by atoms with van der Waals surface area (Å²) in [5.74, 6) is -0.784. The zero-order chi connectivity index (χ0) is 16.3. The van der Waals surface area contributed by atoms with E-state index in [4.69, 9.17) is 6.57 Å². The zero-order valence-electron chi connectivity index (χ0n) is 11.6. The smallest absolute Gasteiger partial charge is 0.380 e. The largest absolute Gasteiger partial charge is 0.407 e. The molecule has 0 unspecified atom stereocenters. The Hall–Kier alpha value is -2.07. The van der Waals surface area contributed by atoms with Crippen molar-refractivity contribution in [1.29, 1.82) is 0 Å². The number of hydrogen-bond donors (Lipinski definition) is 2. The number of amides is 1. The van der Waals surface area contributed by atoms with E-state index in [-0.39, 0.29) is 12.1 Å². The second-order valence-corrected chi connectivity index (χ2v) is 4.82. The molecule has 1 amide bonds. The normalized spacial score (nSPS) is 14.1. The third-order valence-electron chi connectivity index (χ3n) is 2.91. The first-order valence-corrected chi connectivity index (χ1v) is 6.24. The highest BCUT2D eigenvalue weighted by Crippen LogP contribution is 2.38. The molecular formula is C14H15F3N2O2. The molecule has 0 aliphatic rings. The number of aliphatic hydroxyl groups is 1. The fraction of sp³-hybridized carbons (Fsp3) is 0.429. The molecule has 0 aromatic heterocycles. The van der Waals surface area contributed by atoms with E-state index >= 15 is 0 Å². The molecule has 1 rings (SSSR count). The Morgan fingerprint density at radius 3 is 2.52 bits per heavy atom. The molecule has 21 heavy (non-hydrogen) atoms. The molecule has 0 bridgehead atoms. The summed E-state index contributed by atoms with van der Waals surface area (Å²) >= 11 is 0. The van der Waals surface area contributed by atoms with Gasteiger partial charge >= 0.3 is 6.18 Å². The minimum atomic E-state index is -4.69. The second kappa shape index (κ2) is 6.14. The highest BCUT2D eigenvalue weighted by molar-refractivity contribution is 5.97. The monoisotopic (exact) mass is 300 g/mol. The van der Waals surface area contributed by atoms with Crippen molar-refractivity contribution in [3.8, 4) is 0 Å². The number of anilines is 1. The Bertz CT molecular complexity index is 575. The standard InChI is InChI=1S/C14H15F3N2O2/c1-4-7-13(2,21)12(20)19-9-5-6-11(18-3)10(8-9)14(15,16)17/h5-6,8,21H,4,7H2,1-2H3,(H,19,20)/t13-/m0/s1. The molecule has 0 radical (unpaired) electrons. The molecule has 0 saturated heterocycles. The van der Waals surface area contributed by atoms with E-state index in [1.54, 1.807) is 6.92 Å². The van der Waals surface area contributed by atoms with E-state index in [1.165, 1.54) is 13.0 Å². The molecule has 0 saturated carbocycles. The number of carbonyl (C=O) groups excluding carboxylic acids is 1. The Labute approximate surface area is 120 Å². The maximum atomic E-state index is 12.8. The Morgan fingerprint density at radius 1 is 1.43 bits per heavy atom. The average molecular weight is 300 g/mol. The lowest BCUT2D eigenvalue weighted by molar-refractivity contribution is -0.137. The number of alkyl halides is 3. The van der Waals surface area contributed by atoms with Crippen LogP contribution in [0.15, 0.2) is 18.2 Å². The topological polar surface area (TPSA) is 53.7 Å². The molecule has 1 aromatic rings. The van der Waals surface area contributed by atoms with Crippen LogP contribution in [-0.2, 0) is 11.0 Å². The molecule has 4 nitrogen and oxygen atoms in total. The predicted molar refractivity (Wildman–Crippen MR) is 71.9 cm³/mol. The fourth-order valence-electron chi connectivity index (χ4n) is 1.80. The van der Waals surface area contributed by atoms with Gasteiger partial charge < -0.3 is 10.4 Å². The van der Waals surface area contributed by atoms with Crippen molar-refractivity contribution in [2.75, 3.05) is 5.32 Å². The van der Waals surface area contributed by atoms with Gasteiger partial charge in [0.2, 0.25) is 0 Å². The lowest BCUT2D eigenvalue weighted by atomic mass is 9.99. The molecule has 0 aliphatic carbocycles. The van der Waals surface area contributed by atoms with Gasteiger partial charge in [0.05, 0.1) is 12.1 Å².